The molecule has 0 heterocycles. The van der Waals surface area contributed by atoms with E-state index < -0.39 is 0 Å². The molecule has 0 aliphatic heterocycles. The smallest absolute Gasteiger partial charge is 0.0622 e. The van der Waals surface area contributed by atoms with Crippen molar-refractivity contribution < 1.29 is 4.79 Å². The third-order valence-electron chi connectivity index (χ3n) is 3.94. The van der Waals surface area contributed by atoms with Crippen LogP contribution in [0.1, 0.15) is 76.2 Å². The van der Waals surface area contributed by atoms with Crippen molar-refractivity contribution in [3.63, 3.8) is 0 Å². The Labute approximate surface area is 138 Å². The van der Waals surface area contributed by atoms with Gasteiger partial charge in [-0.25, -0.2) is 0 Å². The molecule has 0 saturated heterocycles. The van der Waals surface area contributed by atoms with Gasteiger partial charge in [0.15, 0.2) is 0 Å². The van der Waals surface area contributed by atoms with E-state index in [4.69, 9.17) is 0 Å². The van der Waals surface area contributed by atoms with Crippen LogP contribution in [0.2, 0.25) is 0 Å². The fourth-order valence-corrected chi connectivity index (χ4v) is 2.96. The molecule has 21 heavy (non-hydrogen) atoms. The van der Waals surface area contributed by atoms with Crippen LogP contribution in [0.4, 0.5) is 0 Å². The average Bonchev–Trinajstić information content (AvgIpc) is 2.49. The second-order valence-corrected chi connectivity index (χ2v) is 6.85. The molecule has 0 spiro atoms. The Bertz CT molecular complexity index is 361. The molecular weight excluding hydrogens is 323 g/mol. The first-order chi connectivity index (χ1) is 10.3. The monoisotopic (exact) mass is 353 g/mol. The van der Waals surface area contributed by atoms with Gasteiger partial charge in [0.1, 0.15) is 0 Å². The molecule has 0 amide bonds. The summed E-state index contributed by atoms with van der Waals surface area (Å²) >= 11 is 2.55. The van der Waals surface area contributed by atoms with Gasteiger partial charge in [-0.05, 0) is 12.0 Å². The Hall–Kier alpha value is -0.591. The van der Waals surface area contributed by atoms with Crippen molar-refractivity contribution in [1.82, 2.24) is 0 Å². The van der Waals surface area contributed by atoms with E-state index in [0.29, 0.717) is 0 Å². The molecule has 0 fully saturated rings. The summed E-state index contributed by atoms with van der Waals surface area (Å²) in [6.07, 6.45) is 15.1. The summed E-state index contributed by atoms with van der Waals surface area (Å²) in [6.45, 7) is 0. The van der Waals surface area contributed by atoms with Crippen LogP contribution in [-0.4, -0.2) is 20.7 Å². The molecular formula is C19H29OSe. The van der Waals surface area contributed by atoms with Gasteiger partial charge < -0.3 is 0 Å². The predicted octanol–water partition coefficient (Wildman–Crippen LogP) is 5.22. The van der Waals surface area contributed by atoms with Crippen molar-refractivity contribution in [2.75, 3.05) is 0 Å². The molecule has 117 valence electrons. The number of hydrogen-bond acceptors (Lipinski definition) is 1. The number of rotatable bonds is 13. The molecule has 0 aliphatic rings. The second-order valence-electron chi connectivity index (χ2n) is 5.89. The SMILES string of the molecule is O=C([Se])CCCCCCCCCCCCc1ccccc1. The molecule has 0 bridgehead atoms. The molecule has 1 rings (SSSR count). The van der Waals surface area contributed by atoms with Crippen molar-refractivity contribution >= 4 is 20.7 Å². The summed E-state index contributed by atoms with van der Waals surface area (Å²) in [4.78, 5) is 10.7. The molecule has 0 N–H and O–H groups in total. The van der Waals surface area contributed by atoms with Crippen molar-refractivity contribution in [2.45, 2.75) is 77.0 Å². The summed E-state index contributed by atoms with van der Waals surface area (Å²) in [5.74, 6) is 0. The molecule has 0 unspecified atom stereocenters. The van der Waals surface area contributed by atoms with E-state index in [9.17, 15) is 4.79 Å². The minimum absolute atomic E-state index is 0.213. The molecule has 0 aromatic heterocycles. The maximum atomic E-state index is 10.7. The van der Waals surface area contributed by atoms with Gasteiger partial charge in [-0.15, -0.1) is 0 Å². The van der Waals surface area contributed by atoms with Crippen LogP contribution in [0, 0.1) is 0 Å². The number of hydrogen-bond donors (Lipinski definition) is 0. The minimum atomic E-state index is 0.213. The summed E-state index contributed by atoms with van der Waals surface area (Å²) in [7, 11) is 0. The fraction of sp³-hybridized carbons (Fsp3) is 0.632. The van der Waals surface area contributed by atoms with Crippen molar-refractivity contribution in [2.24, 2.45) is 0 Å². The zero-order valence-electron chi connectivity index (χ0n) is 13.2. The van der Waals surface area contributed by atoms with Crippen LogP contribution >= 0.6 is 0 Å². The average molecular weight is 352 g/mol. The van der Waals surface area contributed by atoms with Gasteiger partial charge in [-0.3, -0.25) is 0 Å². The van der Waals surface area contributed by atoms with Crippen LogP contribution in [0.15, 0.2) is 30.3 Å². The number of benzene rings is 1. The van der Waals surface area contributed by atoms with Crippen LogP contribution < -0.4 is 0 Å². The Kier molecular flexibility index (Phi) is 11.5. The van der Waals surface area contributed by atoms with Gasteiger partial charge in [0, 0.05) is 0 Å². The summed E-state index contributed by atoms with van der Waals surface area (Å²) in [5.41, 5.74) is 1.47. The quantitative estimate of drug-likeness (QED) is 0.352. The summed E-state index contributed by atoms with van der Waals surface area (Å²) < 4.78 is 0.213. The predicted molar refractivity (Wildman–Crippen MR) is 91.7 cm³/mol. The third-order valence-corrected chi connectivity index (χ3v) is 4.37. The molecule has 1 aromatic carbocycles. The molecule has 1 nitrogen and oxygen atoms in total. The van der Waals surface area contributed by atoms with Gasteiger partial charge in [-0.1, -0.05) is 30.3 Å². The fourth-order valence-electron chi connectivity index (χ4n) is 2.66. The van der Waals surface area contributed by atoms with E-state index in [2.05, 4.69) is 46.3 Å². The summed E-state index contributed by atoms with van der Waals surface area (Å²) in [6, 6.07) is 10.8. The Morgan fingerprint density at radius 2 is 1.19 bits per heavy atom. The Balaban J connectivity index is 1.78. The third kappa shape index (κ3) is 11.7. The van der Waals surface area contributed by atoms with Crippen LogP contribution in [-0.2, 0) is 11.2 Å². The number of carbonyl (C=O) groups is 1. The number of unbranched alkanes of at least 4 members (excludes halogenated alkanes) is 9. The van der Waals surface area contributed by atoms with Gasteiger partial charge in [0.2, 0.25) is 0 Å². The molecule has 0 aliphatic carbocycles. The topological polar surface area (TPSA) is 17.1 Å². The van der Waals surface area contributed by atoms with Gasteiger partial charge in [0.25, 0.3) is 0 Å². The van der Waals surface area contributed by atoms with Gasteiger partial charge in [-0.2, -0.15) is 0 Å². The Morgan fingerprint density at radius 3 is 1.71 bits per heavy atom. The van der Waals surface area contributed by atoms with Crippen molar-refractivity contribution in [3.8, 4) is 0 Å². The van der Waals surface area contributed by atoms with Crippen molar-refractivity contribution in [1.29, 1.82) is 0 Å². The molecule has 0 saturated carbocycles. The maximum absolute atomic E-state index is 10.7. The minimum Gasteiger partial charge on any atom is -0.0622 e. The van der Waals surface area contributed by atoms with Crippen molar-refractivity contribution in [3.05, 3.63) is 35.9 Å². The zero-order chi connectivity index (χ0) is 15.2. The van der Waals surface area contributed by atoms with E-state index in [0.717, 1.165) is 12.8 Å². The zero-order valence-corrected chi connectivity index (χ0v) is 14.9. The van der Waals surface area contributed by atoms with Crippen LogP contribution in [0.25, 0.3) is 0 Å². The summed E-state index contributed by atoms with van der Waals surface area (Å²) in [5, 5.41) is 0. The first-order valence-electron chi connectivity index (χ1n) is 8.53. The van der Waals surface area contributed by atoms with Gasteiger partial charge >= 0.3 is 96.1 Å². The normalized spacial score (nSPS) is 10.7. The number of aryl methyl sites for hydroxylation is 1. The first kappa shape index (κ1) is 18.5. The molecule has 0 atom stereocenters. The van der Waals surface area contributed by atoms with Crippen LogP contribution in [0.5, 0.6) is 0 Å². The van der Waals surface area contributed by atoms with E-state index >= 15 is 0 Å². The molecule has 1 aromatic rings. The second kappa shape index (κ2) is 13.1. The van der Waals surface area contributed by atoms with E-state index in [1.54, 1.807) is 0 Å². The Morgan fingerprint density at radius 1 is 0.714 bits per heavy atom. The van der Waals surface area contributed by atoms with Gasteiger partial charge in [0.05, 0.1) is 0 Å². The molecule has 2 heteroatoms. The van der Waals surface area contributed by atoms with E-state index in [1.807, 2.05) is 0 Å². The van der Waals surface area contributed by atoms with E-state index in [-0.39, 0.29) is 4.68 Å². The molecule has 1 radical (unpaired) electrons. The van der Waals surface area contributed by atoms with Crippen LogP contribution in [0.3, 0.4) is 0 Å². The van der Waals surface area contributed by atoms with E-state index in [1.165, 1.54) is 69.8 Å². The first-order valence-corrected chi connectivity index (χ1v) is 9.38. The number of carbonyl (C=O) groups excluding carboxylic acids is 1. The standard InChI is InChI=1S/C19H29OSe/c20-19(21)17-13-8-6-4-2-1-3-5-7-10-14-18-15-11-9-12-16-18/h9,11-12,15-16H,1-8,10,13-14,17H2.